The van der Waals surface area contributed by atoms with E-state index < -0.39 is 9.84 Å². The van der Waals surface area contributed by atoms with Gasteiger partial charge in [0.2, 0.25) is 0 Å². The van der Waals surface area contributed by atoms with E-state index in [9.17, 15) is 13.2 Å². The molecule has 10 heteroatoms. The number of benzene rings is 1. The number of sulfone groups is 1. The van der Waals surface area contributed by atoms with Crippen LogP contribution in [0.15, 0.2) is 53.4 Å². The number of pyridine rings is 2. The van der Waals surface area contributed by atoms with E-state index in [4.69, 9.17) is 14.7 Å². The lowest BCUT2D eigenvalue weighted by atomic mass is 9.84. The number of rotatable bonds is 6. The number of aryl methyl sites for hydroxylation is 1. The molecule has 2 amide bonds. The van der Waals surface area contributed by atoms with E-state index in [1.165, 1.54) is 6.26 Å². The number of hydrogen-bond acceptors (Lipinski definition) is 7. The van der Waals surface area contributed by atoms with Crippen LogP contribution in [0.1, 0.15) is 55.5 Å². The molecule has 2 aliphatic heterocycles. The van der Waals surface area contributed by atoms with Crippen molar-refractivity contribution in [2.75, 3.05) is 42.8 Å². The number of urea groups is 1. The SMILES string of the molecule is COC1CCN(c2ccc(-c3ccc4c(n3)C3(CCCC3)CN4C(=O)NCc3ccc(S(C)(=O)=O)cc3)c(C)n2)CC1. The van der Waals surface area contributed by atoms with Gasteiger partial charge in [-0.2, -0.15) is 0 Å². The van der Waals surface area contributed by atoms with Gasteiger partial charge in [0.25, 0.3) is 0 Å². The number of fused-ring (bicyclic) bond motifs is 2. The van der Waals surface area contributed by atoms with Crippen molar-refractivity contribution in [1.82, 2.24) is 15.3 Å². The van der Waals surface area contributed by atoms with Gasteiger partial charge in [0, 0.05) is 56.2 Å². The smallest absolute Gasteiger partial charge is 0.322 e. The summed E-state index contributed by atoms with van der Waals surface area (Å²) in [6, 6.07) is 14.7. The number of aromatic nitrogens is 2. The van der Waals surface area contributed by atoms with Gasteiger partial charge in [0.15, 0.2) is 9.84 Å². The van der Waals surface area contributed by atoms with Crippen LogP contribution in [0.5, 0.6) is 0 Å². The molecule has 1 aliphatic carbocycles. The van der Waals surface area contributed by atoms with Crippen LogP contribution in [0.2, 0.25) is 0 Å². The van der Waals surface area contributed by atoms with Gasteiger partial charge in [0.05, 0.1) is 28.1 Å². The molecular formula is C32H39N5O4S. The highest BCUT2D eigenvalue weighted by atomic mass is 32.2. The molecule has 1 saturated heterocycles. The number of amides is 2. The Morgan fingerprint density at radius 2 is 1.74 bits per heavy atom. The molecule has 222 valence electrons. The topological polar surface area (TPSA) is 105 Å². The predicted octanol–water partition coefficient (Wildman–Crippen LogP) is 5.01. The van der Waals surface area contributed by atoms with Crippen LogP contribution in [0, 0.1) is 6.92 Å². The molecule has 0 atom stereocenters. The first-order valence-electron chi connectivity index (χ1n) is 14.8. The number of nitrogens with one attached hydrogen (secondary N) is 1. The number of carbonyl (C=O) groups is 1. The standard InChI is InChI=1S/C32H39N5O4S/c1-22-26(10-13-29(34-22)36-18-14-24(41-2)15-19-36)27-11-12-28-30(35-27)32(16-4-5-17-32)21-37(28)31(38)33-20-23-6-8-25(9-7-23)42(3,39)40/h6-13,24H,4-5,14-21H2,1-3H3,(H,33,38). The van der Waals surface area contributed by atoms with Crippen molar-refractivity contribution < 1.29 is 17.9 Å². The highest BCUT2D eigenvalue weighted by Crippen LogP contribution is 2.50. The number of carbonyl (C=O) groups excluding carboxylic acids is 1. The molecule has 1 N–H and O–H groups in total. The Hall–Kier alpha value is -3.50. The van der Waals surface area contributed by atoms with Gasteiger partial charge >= 0.3 is 6.03 Å². The molecule has 4 heterocycles. The minimum absolute atomic E-state index is 0.132. The number of nitrogens with zero attached hydrogens (tertiary/aromatic N) is 4. The van der Waals surface area contributed by atoms with Crippen molar-refractivity contribution in [3.8, 4) is 11.3 Å². The summed E-state index contributed by atoms with van der Waals surface area (Å²) in [5, 5.41) is 3.03. The Kier molecular flexibility index (Phi) is 7.70. The number of anilines is 2. The maximum Gasteiger partial charge on any atom is 0.322 e. The van der Waals surface area contributed by atoms with E-state index in [2.05, 4.69) is 22.3 Å². The summed E-state index contributed by atoms with van der Waals surface area (Å²) in [6.07, 6.45) is 7.81. The molecule has 0 radical (unpaired) electrons. The van der Waals surface area contributed by atoms with Gasteiger partial charge < -0.3 is 15.0 Å². The third kappa shape index (κ3) is 5.49. The average molecular weight is 590 g/mol. The summed E-state index contributed by atoms with van der Waals surface area (Å²) in [5.74, 6) is 0.994. The summed E-state index contributed by atoms with van der Waals surface area (Å²) >= 11 is 0. The van der Waals surface area contributed by atoms with Crippen LogP contribution in [-0.2, 0) is 26.5 Å². The number of methoxy groups -OCH3 is 1. The van der Waals surface area contributed by atoms with E-state index in [-0.39, 0.29) is 16.3 Å². The summed E-state index contributed by atoms with van der Waals surface area (Å²) in [6.45, 7) is 4.85. The quantitative estimate of drug-likeness (QED) is 0.431. The van der Waals surface area contributed by atoms with Crippen molar-refractivity contribution in [3.05, 3.63) is 65.5 Å². The maximum atomic E-state index is 13.5. The molecular weight excluding hydrogens is 550 g/mol. The summed E-state index contributed by atoms with van der Waals surface area (Å²) in [7, 11) is -1.48. The number of hydrogen-bond donors (Lipinski definition) is 1. The van der Waals surface area contributed by atoms with Crippen molar-refractivity contribution >= 4 is 27.4 Å². The Morgan fingerprint density at radius 3 is 2.38 bits per heavy atom. The second-order valence-electron chi connectivity index (χ2n) is 11.9. The monoisotopic (exact) mass is 589 g/mol. The minimum Gasteiger partial charge on any atom is -0.381 e. The van der Waals surface area contributed by atoms with Crippen molar-refractivity contribution in [1.29, 1.82) is 0 Å². The number of ether oxygens (including phenoxy) is 1. The zero-order chi connectivity index (χ0) is 29.5. The van der Waals surface area contributed by atoms with Gasteiger partial charge in [-0.25, -0.2) is 23.2 Å². The highest BCUT2D eigenvalue weighted by molar-refractivity contribution is 7.90. The maximum absolute atomic E-state index is 13.5. The van der Waals surface area contributed by atoms with Gasteiger partial charge in [-0.05, 0) is 74.6 Å². The van der Waals surface area contributed by atoms with Crippen molar-refractivity contribution in [3.63, 3.8) is 0 Å². The van der Waals surface area contributed by atoms with E-state index in [1.807, 2.05) is 24.0 Å². The Labute approximate surface area is 248 Å². The minimum atomic E-state index is -3.26. The van der Waals surface area contributed by atoms with Crippen LogP contribution in [0.4, 0.5) is 16.3 Å². The Bertz CT molecular complexity index is 1580. The fraction of sp³-hybridized carbons (Fsp3) is 0.469. The fourth-order valence-electron chi connectivity index (χ4n) is 6.74. The van der Waals surface area contributed by atoms with E-state index >= 15 is 0 Å². The molecule has 9 nitrogen and oxygen atoms in total. The highest BCUT2D eigenvalue weighted by Gasteiger charge is 2.47. The first kappa shape index (κ1) is 28.6. The molecule has 1 aromatic carbocycles. The lowest BCUT2D eigenvalue weighted by Crippen LogP contribution is -2.41. The zero-order valence-electron chi connectivity index (χ0n) is 24.6. The average Bonchev–Trinajstić information content (AvgIpc) is 3.60. The van der Waals surface area contributed by atoms with E-state index in [1.54, 1.807) is 31.4 Å². The summed E-state index contributed by atoms with van der Waals surface area (Å²) in [5.41, 5.74) is 5.44. The predicted molar refractivity (Wildman–Crippen MR) is 164 cm³/mol. The first-order chi connectivity index (χ1) is 20.2. The summed E-state index contributed by atoms with van der Waals surface area (Å²) in [4.78, 5) is 28.1. The van der Waals surface area contributed by atoms with E-state index in [0.717, 1.165) is 91.3 Å². The zero-order valence-corrected chi connectivity index (χ0v) is 25.4. The second kappa shape index (κ2) is 11.3. The molecule has 3 aromatic rings. The first-order valence-corrected chi connectivity index (χ1v) is 16.7. The lowest BCUT2D eigenvalue weighted by Gasteiger charge is -2.32. The third-order valence-corrected chi connectivity index (χ3v) is 10.3. The van der Waals surface area contributed by atoms with Crippen molar-refractivity contribution in [2.24, 2.45) is 0 Å². The molecule has 42 heavy (non-hydrogen) atoms. The van der Waals surface area contributed by atoms with Gasteiger partial charge in [-0.3, -0.25) is 4.90 Å². The molecule has 3 aliphatic rings. The van der Waals surface area contributed by atoms with Gasteiger partial charge in [-0.1, -0.05) is 25.0 Å². The van der Waals surface area contributed by atoms with Crippen LogP contribution in [0.25, 0.3) is 11.3 Å². The molecule has 1 spiro atoms. The molecule has 0 unspecified atom stereocenters. The van der Waals surface area contributed by atoms with E-state index in [0.29, 0.717) is 19.2 Å². The normalized spacial score (nSPS) is 18.5. The lowest BCUT2D eigenvalue weighted by molar-refractivity contribution is 0.0818. The number of piperidine rings is 1. The van der Waals surface area contributed by atoms with Gasteiger partial charge in [0.1, 0.15) is 5.82 Å². The molecule has 2 fully saturated rings. The van der Waals surface area contributed by atoms with Gasteiger partial charge in [-0.15, -0.1) is 0 Å². The Morgan fingerprint density at radius 1 is 1.02 bits per heavy atom. The summed E-state index contributed by atoms with van der Waals surface area (Å²) < 4.78 is 29.1. The second-order valence-corrected chi connectivity index (χ2v) is 14.0. The Balaban J connectivity index is 1.21. The molecule has 1 saturated carbocycles. The van der Waals surface area contributed by atoms with Crippen LogP contribution >= 0.6 is 0 Å². The van der Waals surface area contributed by atoms with Crippen LogP contribution in [-0.4, -0.2) is 63.5 Å². The van der Waals surface area contributed by atoms with Crippen LogP contribution in [0.3, 0.4) is 0 Å². The van der Waals surface area contributed by atoms with Crippen molar-refractivity contribution in [2.45, 2.75) is 68.4 Å². The molecule has 0 bridgehead atoms. The molecule has 6 rings (SSSR count). The molecule has 2 aromatic heterocycles. The largest absolute Gasteiger partial charge is 0.381 e. The fourth-order valence-corrected chi connectivity index (χ4v) is 7.37. The third-order valence-electron chi connectivity index (χ3n) is 9.18. The van der Waals surface area contributed by atoms with Crippen LogP contribution < -0.4 is 15.1 Å².